The summed E-state index contributed by atoms with van der Waals surface area (Å²) in [7, 11) is 3.85. The molecule has 0 saturated heterocycles. The molecule has 100 valence electrons. The van der Waals surface area contributed by atoms with Crippen LogP contribution in [-0.2, 0) is 0 Å². The summed E-state index contributed by atoms with van der Waals surface area (Å²) in [5.74, 6) is 1.52. The molecular formula is C16H16N4. The monoisotopic (exact) mass is 264 g/mol. The van der Waals surface area contributed by atoms with E-state index in [0.717, 1.165) is 22.4 Å². The summed E-state index contributed by atoms with van der Waals surface area (Å²) < 4.78 is 0. The average Bonchev–Trinajstić information content (AvgIpc) is 2.54. The molecule has 4 nitrogen and oxygen atoms in total. The molecule has 0 saturated carbocycles. The van der Waals surface area contributed by atoms with Crippen molar-refractivity contribution in [2.75, 3.05) is 24.3 Å². The highest BCUT2D eigenvalue weighted by atomic mass is 15.2. The second-order valence-electron chi connectivity index (χ2n) is 4.53. The fourth-order valence-electron chi connectivity index (χ4n) is 2.20. The van der Waals surface area contributed by atoms with Gasteiger partial charge >= 0.3 is 0 Å². The van der Waals surface area contributed by atoms with Crippen LogP contribution in [0.1, 0.15) is 0 Å². The lowest BCUT2D eigenvalue weighted by molar-refractivity contribution is 1.11. The van der Waals surface area contributed by atoms with Gasteiger partial charge in [0.05, 0.1) is 5.52 Å². The molecule has 0 spiro atoms. The molecule has 2 aromatic carbocycles. The minimum Gasteiger partial charge on any atom is -0.357 e. The van der Waals surface area contributed by atoms with E-state index in [0.29, 0.717) is 5.95 Å². The van der Waals surface area contributed by atoms with Gasteiger partial charge in [0.25, 0.3) is 0 Å². The van der Waals surface area contributed by atoms with E-state index in [1.54, 1.807) is 0 Å². The summed E-state index contributed by atoms with van der Waals surface area (Å²) in [4.78, 5) is 11.2. The number of nitrogens with one attached hydrogen (secondary N) is 1. The van der Waals surface area contributed by atoms with Gasteiger partial charge in [0, 0.05) is 25.2 Å². The Hall–Kier alpha value is -2.62. The van der Waals surface area contributed by atoms with Crippen LogP contribution in [0.3, 0.4) is 0 Å². The van der Waals surface area contributed by atoms with Crippen molar-refractivity contribution in [2.24, 2.45) is 0 Å². The Morgan fingerprint density at radius 2 is 1.60 bits per heavy atom. The van der Waals surface area contributed by atoms with E-state index in [-0.39, 0.29) is 0 Å². The molecule has 0 bridgehead atoms. The highest BCUT2D eigenvalue weighted by Crippen LogP contribution is 2.29. The van der Waals surface area contributed by atoms with Crippen molar-refractivity contribution in [3.8, 4) is 0 Å². The number of aromatic nitrogens is 2. The standard InChI is InChI=1S/C16H16N4/c1-17-16-18-14-11-7-6-10-13(14)15(19-16)20(2)12-8-4-3-5-9-12/h3-11H,1-2H3,(H,17,18,19). The van der Waals surface area contributed by atoms with E-state index in [9.17, 15) is 0 Å². The lowest BCUT2D eigenvalue weighted by Crippen LogP contribution is -2.13. The molecule has 0 aliphatic heterocycles. The van der Waals surface area contributed by atoms with Crippen molar-refractivity contribution in [1.29, 1.82) is 0 Å². The third-order valence-electron chi connectivity index (χ3n) is 3.27. The Labute approximate surface area is 118 Å². The first-order valence-electron chi connectivity index (χ1n) is 6.53. The van der Waals surface area contributed by atoms with E-state index in [1.165, 1.54) is 0 Å². The van der Waals surface area contributed by atoms with E-state index in [4.69, 9.17) is 0 Å². The zero-order valence-corrected chi connectivity index (χ0v) is 11.5. The fraction of sp³-hybridized carbons (Fsp3) is 0.125. The maximum Gasteiger partial charge on any atom is 0.224 e. The minimum absolute atomic E-state index is 0.626. The smallest absolute Gasteiger partial charge is 0.224 e. The second-order valence-corrected chi connectivity index (χ2v) is 4.53. The summed E-state index contributed by atoms with van der Waals surface area (Å²) in [6.07, 6.45) is 0. The third kappa shape index (κ3) is 2.16. The number of nitrogens with zero attached hydrogens (tertiary/aromatic N) is 3. The first kappa shape index (κ1) is 12.4. The summed E-state index contributed by atoms with van der Waals surface area (Å²) >= 11 is 0. The summed E-state index contributed by atoms with van der Waals surface area (Å²) in [5, 5.41) is 4.06. The SMILES string of the molecule is CNc1nc(N(C)c2ccccc2)c2ccccc2n1. The number of rotatable bonds is 3. The van der Waals surface area contributed by atoms with Crippen LogP contribution in [-0.4, -0.2) is 24.1 Å². The normalized spacial score (nSPS) is 10.5. The number of hydrogen-bond acceptors (Lipinski definition) is 4. The number of para-hydroxylation sites is 2. The Morgan fingerprint density at radius 3 is 2.35 bits per heavy atom. The van der Waals surface area contributed by atoms with Gasteiger partial charge in [-0.1, -0.05) is 30.3 Å². The molecule has 1 aromatic heterocycles. The topological polar surface area (TPSA) is 41.1 Å². The predicted octanol–water partition coefficient (Wildman–Crippen LogP) is 3.44. The van der Waals surface area contributed by atoms with Crippen molar-refractivity contribution in [1.82, 2.24) is 9.97 Å². The molecular weight excluding hydrogens is 248 g/mol. The third-order valence-corrected chi connectivity index (χ3v) is 3.27. The van der Waals surface area contributed by atoms with Crippen LogP contribution in [0.4, 0.5) is 17.5 Å². The highest BCUT2D eigenvalue weighted by Gasteiger charge is 2.12. The van der Waals surface area contributed by atoms with Crippen LogP contribution in [0.15, 0.2) is 54.6 Å². The molecule has 1 N–H and O–H groups in total. The predicted molar refractivity (Wildman–Crippen MR) is 83.6 cm³/mol. The van der Waals surface area contributed by atoms with Gasteiger partial charge in [0.2, 0.25) is 5.95 Å². The summed E-state index contributed by atoms with van der Waals surface area (Å²) in [5.41, 5.74) is 2.03. The van der Waals surface area contributed by atoms with E-state index in [2.05, 4.69) is 32.3 Å². The fourth-order valence-corrected chi connectivity index (χ4v) is 2.20. The van der Waals surface area contributed by atoms with E-state index in [1.807, 2.05) is 56.6 Å². The first-order chi connectivity index (χ1) is 9.79. The molecule has 3 rings (SSSR count). The Morgan fingerprint density at radius 1 is 0.900 bits per heavy atom. The van der Waals surface area contributed by atoms with Gasteiger partial charge in [-0.25, -0.2) is 4.98 Å². The van der Waals surface area contributed by atoms with Crippen LogP contribution in [0.5, 0.6) is 0 Å². The van der Waals surface area contributed by atoms with Crippen molar-refractivity contribution >= 4 is 28.4 Å². The molecule has 0 amide bonds. The zero-order valence-electron chi connectivity index (χ0n) is 11.5. The van der Waals surface area contributed by atoms with Gasteiger partial charge in [0.1, 0.15) is 5.82 Å². The van der Waals surface area contributed by atoms with Crippen LogP contribution in [0.2, 0.25) is 0 Å². The Kier molecular flexibility index (Phi) is 3.21. The molecule has 4 heteroatoms. The average molecular weight is 264 g/mol. The molecule has 3 aromatic rings. The largest absolute Gasteiger partial charge is 0.357 e. The van der Waals surface area contributed by atoms with Crippen LogP contribution < -0.4 is 10.2 Å². The minimum atomic E-state index is 0.626. The summed E-state index contributed by atoms with van der Waals surface area (Å²) in [6.45, 7) is 0. The highest BCUT2D eigenvalue weighted by molar-refractivity contribution is 5.92. The second kappa shape index (κ2) is 5.17. The quantitative estimate of drug-likeness (QED) is 0.786. The zero-order chi connectivity index (χ0) is 13.9. The van der Waals surface area contributed by atoms with Crippen molar-refractivity contribution in [3.63, 3.8) is 0 Å². The molecule has 0 fully saturated rings. The van der Waals surface area contributed by atoms with Crippen molar-refractivity contribution in [2.45, 2.75) is 0 Å². The molecule has 1 heterocycles. The van der Waals surface area contributed by atoms with Gasteiger partial charge in [-0.2, -0.15) is 4.98 Å². The van der Waals surface area contributed by atoms with Gasteiger partial charge in [-0.3, -0.25) is 0 Å². The molecule has 0 unspecified atom stereocenters. The number of fused-ring (bicyclic) bond motifs is 1. The number of hydrogen-bond donors (Lipinski definition) is 1. The molecule has 20 heavy (non-hydrogen) atoms. The van der Waals surface area contributed by atoms with Gasteiger partial charge in [0.15, 0.2) is 0 Å². The van der Waals surface area contributed by atoms with Gasteiger partial charge < -0.3 is 10.2 Å². The number of anilines is 3. The maximum atomic E-state index is 4.60. The van der Waals surface area contributed by atoms with Crippen LogP contribution in [0.25, 0.3) is 10.9 Å². The van der Waals surface area contributed by atoms with Crippen LogP contribution in [0, 0.1) is 0 Å². The van der Waals surface area contributed by atoms with E-state index < -0.39 is 0 Å². The molecule has 0 aliphatic carbocycles. The van der Waals surface area contributed by atoms with Crippen LogP contribution >= 0.6 is 0 Å². The molecule has 0 atom stereocenters. The van der Waals surface area contributed by atoms with Crippen molar-refractivity contribution in [3.05, 3.63) is 54.6 Å². The first-order valence-corrected chi connectivity index (χ1v) is 6.53. The van der Waals surface area contributed by atoms with Crippen molar-refractivity contribution < 1.29 is 0 Å². The Bertz CT molecular complexity index is 725. The lowest BCUT2D eigenvalue weighted by atomic mass is 10.2. The molecule has 0 aliphatic rings. The number of benzene rings is 2. The Balaban J connectivity index is 2.19. The maximum absolute atomic E-state index is 4.60. The lowest BCUT2D eigenvalue weighted by Gasteiger charge is -2.20. The van der Waals surface area contributed by atoms with E-state index >= 15 is 0 Å². The van der Waals surface area contributed by atoms with Gasteiger partial charge in [-0.15, -0.1) is 0 Å². The molecule has 0 radical (unpaired) electrons. The van der Waals surface area contributed by atoms with Gasteiger partial charge in [-0.05, 0) is 24.3 Å². The summed E-state index contributed by atoms with van der Waals surface area (Å²) in [6, 6.07) is 18.2.